The van der Waals surface area contributed by atoms with Gasteiger partial charge in [-0.1, -0.05) is 41.9 Å². The maximum Gasteiger partial charge on any atom is 0.320 e. The molecule has 1 aromatic carbocycles. The summed E-state index contributed by atoms with van der Waals surface area (Å²) in [5.74, 6) is -0.757. The zero-order chi connectivity index (χ0) is 16.4. The molecule has 2 heterocycles. The average molecular weight is 334 g/mol. The fourth-order valence-corrected chi connectivity index (χ4v) is 3.42. The molecule has 2 aromatic rings. The Kier molecular flexibility index (Phi) is 4.68. The van der Waals surface area contributed by atoms with Crippen LogP contribution in [0, 0.1) is 6.92 Å². The summed E-state index contributed by atoms with van der Waals surface area (Å²) < 4.78 is 1.79. The molecule has 1 aliphatic heterocycles. The second-order valence-corrected chi connectivity index (χ2v) is 6.32. The van der Waals surface area contributed by atoms with Crippen LogP contribution in [0.1, 0.15) is 29.7 Å². The monoisotopic (exact) mass is 333 g/mol. The van der Waals surface area contributed by atoms with Crippen molar-refractivity contribution in [1.29, 1.82) is 0 Å². The number of carbonyl (C=O) groups is 1. The summed E-state index contributed by atoms with van der Waals surface area (Å²) in [7, 11) is 0. The zero-order valence-electron chi connectivity index (χ0n) is 13.1. The molecule has 0 amide bonds. The van der Waals surface area contributed by atoms with Crippen LogP contribution in [0.4, 0.5) is 0 Å². The zero-order valence-corrected chi connectivity index (χ0v) is 13.8. The lowest BCUT2D eigenvalue weighted by atomic mass is 10.2. The first-order valence-corrected chi connectivity index (χ1v) is 8.16. The van der Waals surface area contributed by atoms with E-state index in [2.05, 4.69) is 5.10 Å². The Hall–Kier alpha value is -1.85. The number of hydrogen-bond acceptors (Lipinski definition) is 3. The highest BCUT2D eigenvalue weighted by Gasteiger charge is 2.31. The fourth-order valence-electron chi connectivity index (χ4n) is 3.13. The maximum atomic E-state index is 11.3. The molecule has 0 spiro atoms. The molecule has 23 heavy (non-hydrogen) atoms. The number of nitrogens with zero attached hydrogens (tertiary/aromatic N) is 3. The first-order valence-electron chi connectivity index (χ1n) is 7.79. The molecular weight excluding hydrogens is 314 g/mol. The van der Waals surface area contributed by atoms with Crippen LogP contribution in [0.25, 0.3) is 0 Å². The van der Waals surface area contributed by atoms with Crippen LogP contribution in [0.15, 0.2) is 30.3 Å². The summed E-state index contributed by atoms with van der Waals surface area (Å²) in [6.07, 6.45) is 1.61. The highest BCUT2D eigenvalue weighted by molar-refractivity contribution is 6.30. The Morgan fingerprint density at radius 1 is 1.35 bits per heavy atom. The molecule has 1 saturated heterocycles. The lowest BCUT2D eigenvalue weighted by Crippen LogP contribution is -2.35. The van der Waals surface area contributed by atoms with Crippen molar-refractivity contribution < 1.29 is 9.90 Å². The van der Waals surface area contributed by atoms with Crippen LogP contribution < -0.4 is 0 Å². The van der Waals surface area contributed by atoms with E-state index >= 15 is 0 Å². The van der Waals surface area contributed by atoms with Crippen LogP contribution in [0.2, 0.25) is 5.15 Å². The van der Waals surface area contributed by atoms with E-state index in [0.29, 0.717) is 24.7 Å². The van der Waals surface area contributed by atoms with Gasteiger partial charge in [0.05, 0.1) is 12.2 Å². The predicted molar refractivity (Wildman–Crippen MR) is 88.6 cm³/mol. The number of aliphatic carboxylic acids is 1. The standard InChI is InChI=1S/C17H20ClN3O2/c1-12-14(11-20-9-5-8-15(20)17(22)23)16(18)21(19-12)10-13-6-3-2-4-7-13/h2-4,6-7,15H,5,8-11H2,1H3,(H,22,23)/t15-/m1/s1. The SMILES string of the molecule is Cc1nn(Cc2ccccc2)c(Cl)c1CN1CCC[C@@H]1C(=O)O. The third kappa shape index (κ3) is 3.41. The van der Waals surface area contributed by atoms with Gasteiger partial charge in [0.1, 0.15) is 11.2 Å². The van der Waals surface area contributed by atoms with E-state index in [1.54, 1.807) is 4.68 Å². The molecule has 1 aromatic heterocycles. The second kappa shape index (κ2) is 6.72. The van der Waals surface area contributed by atoms with Crippen LogP contribution in [0.3, 0.4) is 0 Å². The number of likely N-dealkylation sites (tertiary alicyclic amines) is 1. The number of benzene rings is 1. The van der Waals surface area contributed by atoms with Gasteiger partial charge in [-0.15, -0.1) is 0 Å². The molecular formula is C17H20ClN3O2. The van der Waals surface area contributed by atoms with Crippen LogP contribution >= 0.6 is 11.6 Å². The van der Waals surface area contributed by atoms with Crippen LogP contribution in [0.5, 0.6) is 0 Å². The fraction of sp³-hybridized carbons (Fsp3) is 0.412. The third-order valence-corrected chi connectivity index (χ3v) is 4.79. The van der Waals surface area contributed by atoms with Gasteiger partial charge < -0.3 is 5.11 Å². The summed E-state index contributed by atoms with van der Waals surface area (Å²) in [5, 5.41) is 14.4. The minimum atomic E-state index is -0.757. The lowest BCUT2D eigenvalue weighted by molar-refractivity contribution is -0.142. The van der Waals surface area contributed by atoms with Crippen molar-refractivity contribution in [3.63, 3.8) is 0 Å². The molecule has 0 radical (unpaired) electrons. The van der Waals surface area contributed by atoms with Crippen molar-refractivity contribution in [2.75, 3.05) is 6.54 Å². The molecule has 1 N–H and O–H groups in total. The molecule has 122 valence electrons. The highest BCUT2D eigenvalue weighted by atomic mass is 35.5. The van der Waals surface area contributed by atoms with Crippen LogP contribution in [-0.2, 0) is 17.9 Å². The van der Waals surface area contributed by atoms with E-state index < -0.39 is 12.0 Å². The molecule has 0 unspecified atom stereocenters. The molecule has 1 fully saturated rings. The largest absolute Gasteiger partial charge is 0.480 e. The molecule has 0 bridgehead atoms. The van der Waals surface area contributed by atoms with Gasteiger partial charge in [0, 0.05) is 12.1 Å². The van der Waals surface area contributed by atoms with Crippen molar-refractivity contribution in [3.05, 3.63) is 52.3 Å². The Bertz CT molecular complexity index is 699. The van der Waals surface area contributed by atoms with Gasteiger partial charge in [-0.25, -0.2) is 4.68 Å². The average Bonchev–Trinajstić information content (AvgIpc) is 3.09. The second-order valence-electron chi connectivity index (χ2n) is 5.96. The van der Waals surface area contributed by atoms with Crippen molar-refractivity contribution in [1.82, 2.24) is 14.7 Å². The van der Waals surface area contributed by atoms with Gasteiger partial charge in [0.25, 0.3) is 0 Å². The quantitative estimate of drug-likeness (QED) is 0.914. The van der Waals surface area contributed by atoms with Gasteiger partial charge >= 0.3 is 5.97 Å². The van der Waals surface area contributed by atoms with E-state index in [9.17, 15) is 9.90 Å². The number of carboxylic acid groups (broad SMARTS) is 1. The normalized spacial score (nSPS) is 18.4. The molecule has 5 nitrogen and oxygen atoms in total. The van der Waals surface area contributed by atoms with Crippen molar-refractivity contribution in [3.8, 4) is 0 Å². The minimum absolute atomic E-state index is 0.414. The summed E-state index contributed by atoms with van der Waals surface area (Å²) in [5.41, 5.74) is 2.92. The number of halogens is 1. The van der Waals surface area contributed by atoms with Gasteiger partial charge in [-0.3, -0.25) is 9.69 Å². The third-order valence-electron chi connectivity index (χ3n) is 4.37. The van der Waals surface area contributed by atoms with E-state index in [1.165, 1.54) is 0 Å². The van der Waals surface area contributed by atoms with Crippen molar-refractivity contribution in [2.45, 2.75) is 38.9 Å². The summed E-state index contributed by atoms with van der Waals surface area (Å²) in [4.78, 5) is 13.3. The molecule has 1 atom stereocenters. The van der Waals surface area contributed by atoms with Gasteiger partial charge in [-0.05, 0) is 31.9 Å². The summed E-state index contributed by atoms with van der Waals surface area (Å²) in [6, 6.07) is 9.61. The van der Waals surface area contributed by atoms with E-state index in [1.807, 2.05) is 42.2 Å². The Balaban J connectivity index is 1.79. The highest BCUT2D eigenvalue weighted by Crippen LogP contribution is 2.26. The maximum absolute atomic E-state index is 11.3. The predicted octanol–water partition coefficient (Wildman–Crippen LogP) is 2.94. The van der Waals surface area contributed by atoms with E-state index in [-0.39, 0.29) is 0 Å². The molecule has 1 aliphatic rings. The first-order chi connectivity index (χ1) is 11.1. The number of aromatic nitrogens is 2. The Morgan fingerprint density at radius 2 is 2.09 bits per heavy atom. The van der Waals surface area contributed by atoms with Gasteiger partial charge in [-0.2, -0.15) is 5.10 Å². The summed E-state index contributed by atoms with van der Waals surface area (Å²) >= 11 is 6.51. The molecule has 6 heteroatoms. The number of aryl methyl sites for hydroxylation is 1. The topological polar surface area (TPSA) is 58.4 Å². The number of rotatable bonds is 5. The number of hydrogen-bond donors (Lipinski definition) is 1. The number of carboxylic acids is 1. The first kappa shape index (κ1) is 16.0. The Morgan fingerprint density at radius 3 is 2.78 bits per heavy atom. The van der Waals surface area contributed by atoms with E-state index in [0.717, 1.165) is 29.8 Å². The lowest BCUT2D eigenvalue weighted by Gasteiger charge is -2.20. The Labute approximate surface area is 140 Å². The van der Waals surface area contributed by atoms with Crippen LogP contribution in [-0.4, -0.2) is 38.3 Å². The minimum Gasteiger partial charge on any atom is -0.480 e. The van der Waals surface area contributed by atoms with Gasteiger partial charge in [0.15, 0.2) is 0 Å². The van der Waals surface area contributed by atoms with Gasteiger partial charge in [0.2, 0.25) is 0 Å². The smallest absolute Gasteiger partial charge is 0.320 e. The molecule has 0 aliphatic carbocycles. The summed E-state index contributed by atoms with van der Waals surface area (Å²) in [6.45, 7) is 3.87. The van der Waals surface area contributed by atoms with Crippen molar-refractivity contribution >= 4 is 17.6 Å². The van der Waals surface area contributed by atoms with E-state index in [4.69, 9.17) is 11.6 Å². The molecule has 0 saturated carbocycles. The molecule has 3 rings (SSSR count). The van der Waals surface area contributed by atoms with Crippen molar-refractivity contribution in [2.24, 2.45) is 0 Å².